The molecule has 2 heteroatoms. The van der Waals surface area contributed by atoms with Crippen molar-refractivity contribution in [2.24, 2.45) is 0 Å². The molecule has 0 aliphatic carbocycles. The van der Waals surface area contributed by atoms with E-state index in [-0.39, 0.29) is 12.4 Å². The number of hydrogen-bond donors (Lipinski definition) is 0. The van der Waals surface area contributed by atoms with Crippen molar-refractivity contribution < 1.29 is 9.13 Å². The summed E-state index contributed by atoms with van der Waals surface area (Å²) in [6.07, 6.45) is 1.39. The van der Waals surface area contributed by atoms with Crippen LogP contribution in [0.15, 0.2) is 42.2 Å². The van der Waals surface area contributed by atoms with Gasteiger partial charge in [-0.15, -0.1) is 0 Å². The number of ether oxygens (including phenoxy) is 1. The molecule has 0 spiro atoms. The summed E-state index contributed by atoms with van der Waals surface area (Å²) in [7, 11) is 0. The molecule has 0 amide bonds. The molecule has 1 aromatic rings. The van der Waals surface area contributed by atoms with Crippen LogP contribution < -0.4 is 4.74 Å². The first-order valence-corrected chi connectivity index (χ1v) is 3.81. The third kappa shape index (κ3) is 2.74. The third-order valence-corrected chi connectivity index (χ3v) is 1.43. The van der Waals surface area contributed by atoms with E-state index in [1.165, 1.54) is 6.08 Å². The van der Waals surface area contributed by atoms with Gasteiger partial charge >= 0.3 is 0 Å². The Morgan fingerprint density at radius 1 is 1.42 bits per heavy atom. The van der Waals surface area contributed by atoms with E-state index in [0.29, 0.717) is 5.75 Å². The van der Waals surface area contributed by atoms with E-state index in [1.807, 2.05) is 18.2 Å². The summed E-state index contributed by atoms with van der Waals surface area (Å²) in [5, 5.41) is 0. The van der Waals surface area contributed by atoms with Crippen molar-refractivity contribution >= 4 is 0 Å². The summed E-state index contributed by atoms with van der Waals surface area (Å²) in [4.78, 5) is 0. The van der Waals surface area contributed by atoms with Crippen LogP contribution in [0.25, 0.3) is 0 Å². The lowest BCUT2D eigenvalue weighted by Crippen LogP contribution is -1.96. The van der Waals surface area contributed by atoms with Gasteiger partial charge in [0.1, 0.15) is 18.2 Å². The van der Waals surface area contributed by atoms with Crippen molar-refractivity contribution in [3.63, 3.8) is 0 Å². The first-order chi connectivity index (χ1) is 5.83. The van der Waals surface area contributed by atoms with Gasteiger partial charge in [0.2, 0.25) is 0 Å². The fourth-order valence-corrected chi connectivity index (χ4v) is 0.752. The molecule has 1 aromatic carbocycles. The lowest BCUT2D eigenvalue weighted by molar-refractivity contribution is 0.318. The summed E-state index contributed by atoms with van der Waals surface area (Å²) in [5.74, 6) is 0.438. The molecule has 0 saturated carbocycles. The minimum Gasteiger partial charge on any atom is -0.487 e. The first-order valence-electron chi connectivity index (χ1n) is 3.81. The largest absolute Gasteiger partial charge is 0.487 e. The Balaban J connectivity index is 2.44. The van der Waals surface area contributed by atoms with Crippen LogP contribution >= 0.6 is 0 Å². The molecule has 0 fully saturated rings. The Hall–Kier alpha value is -1.31. The summed E-state index contributed by atoms with van der Waals surface area (Å²) < 4.78 is 17.7. The Morgan fingerprint density at radius 2 is 2.08 bits per heavy atom. The van der Waals surface area contributed by atoms with Gasteiger partial charge in [-0.3, -0.25) is 0 Å². The van der Waals surface area contributed by atoms with Gasteiger partial charge in [-0.25, -0.2) is 4.39 Å². The molecule has 64 valence electrons. The molecule has 12 heavy (non-hydrogen) atoms. The average molecular weight is 166 g/mol. The highest BCUT2D eigenvalue weighted by Gasteiger charge is 1.94. The summed E-state index contributed by atoms with van der Waals surface area (Å²) >= 11 is 0. The van der Waals surface area contributed by atoms with Gasteiger partial charge in [0.05, 0.1) is 0 Å². The highest BCUT2D eigenvalue weighted by atomic mass is 19.1. The van der Waals surface area contributed by atoms with Gasteiger partial charge in [-0.1, -0.05) is 24.3 Å². The van der Waals surface area contributed by atoms with Gasteiger partial charge < -0.3 is 4.74 Å². The standard InChI is InChI=1S/C10H11FO/c1-2-9(11)8-12-10-6-4-3-5-7-10/h2-7H,8H2,1H3/b9-2-. The monoisotopic (exact) mass is 166 g/mol. The Labute approximate surface area is 71.5 Å². The molecule has 0 aliphatic heterocycles. The van der Waals surface area contributed by atoms with Crippen LogP contribution in [0.4, 0.5) is 4.39 Å². The minimum atomic E-state index is -0.251. The molecular formula is C10H11FO. The topological polar surface area (TPSA) is 9.23 Å². The van der Waals surface area contributed by atoms with E-state index in [2.05, 4.69) is 0 Å². The van der Waals surface area contributed by atoms with Gasteiger partial charge in [0, 0.05) is 0 Å². The van der Waals surface area contributed by atoms with E-state index in [0.717, 1.165) is 0 Å². The van der Waals surface area contributed by atoms with Crippen LogP contribution in [0.5, 0.6) is 5.75 Å². The number of benzene rings is 1. The molecule has 0 saturated heterocycles. The molecular weight excluding hydrogens is 155 g/mol. The SMILES string of the molecule is C/C=C(\F)COc1ccccc1. The van der Waals surface area contributed by atoms with Gasteiger partial charge in [0.25, 0.3) is 0 Å². The number of halogens is 1. The molecule has 1 nitrogen and oxygen atoms in total. The minimum absolute atomic E-state index is 0.0144. The predicted octanol–water partition coefficient (Wildman–Crippen LogP) is 2.94. The molecule has 0 N–H and O–H groups in total. The molecule has 0 heterocycles. The second-order valence-electron chi connectivity index (χ2n) is 2.34. The highest BCUT2D eigenvalue weighted by Crippen LogP contribution is 2.09. The van der Waals surface area contributed by atoms with Crippen molar-refractivity contribution in [3.8, 4) is 5.75 Å². The fourth-order valence-electron chi connectivity index (χ4n) is 0.752. The first kappa shape index (κ1) is 8.78. The molecule has 0 atom stereocenters. The summed E-state index contributed by atoms with van der Waals surface area (Å²) in [6, 6.07) is 9.18. The zero-order chi connectivity index (χ0) is 8.81. The van der Waals surface area contributed by atoms with Crippen LogP contribution in [-0.2, 0) is 0 Å². The smallest absolute Gasteiger partial charge is 0.139 e. The maximum Gasteiger partial charge on any atom is 0.139 e. The maximum absolute atomic E-state index is 12.6. The molecule has 0 bridgehead atoms. The van der Waals surface area contributed by atoms with Crippen molar-refractivity contribution in [3.05, 3.63) is 42.2 Å². The second-order valence-corrected chi connectivity index (χ2v) is 2.34. The molecule has 0 unspecified atom stereocenters. The zero-order valence-electron chi connectivity index (χ0n) is 6.96. The van der Waals surface area contributed by atoms with E-state index in [1.54, 1.807) is 19.1 Å². The molecule has 0 radical (unpaired) electrons. The number of allylic oxidation sites excluding steroid dienone is 1. The highest BCUT2D eigenvalue weighted by molar-refractivity contribution is 5.21. The van der Waals surface area contributed by atoms with Crippen LogP contribution in [0.3, 0.4) is 0 Å². The lowest BCUT2D eigenvalue weighted by Gasteiger charge is -2.02. The van der Waals surface area contributed by atoms with Crippen LogP contribution in [-0.4, -0.2) is 6.61 Å². The van der Waals surface area contributed by atoms with E-state index in [4.69, 9.17) is 4.74 Å². The molecule has 1 rings (SSSR count). The third-order valence-electron chi connectivity index (χ3n) is 1.43. The summed E-state index contributed by atoms with van der Waals surface area (Å²) in [6.45, 7) is 1.66. The molecule has 0 aromatic heterocycles. The van der Waals surface area contributed by atoms with Crippen molar-refractivity contribution in [2.45, 2.75) is 6.92 Å². The van der Waals surface area contributed by atoms with Crippen LogP contribution in [0.2, 0.25) is 0 Å². The van der Waals surface area contributed by atoms with E-state index >= 15 is 0 Å². The predicted molar refractivity (Wildman–Crippen MR) is 46.8 cm³/mol. The summed E-state index contributed by atoms with van der Waals surface area (Å²) in [5.41, 5.74) is 0. The van der Waals surface area contributed by atoms with Crippen molar-refractivity contribution in [1.29, 1.82) is 0 Å². The van der Waals surface area contributed by atoms with Gasteiger partial charge in [0.15, 0.2) is 0 Å². The van der Waals surface area contributed by atoms with Crippen molar-refractivity contribution in [2.75, 3.05) is 6.61 Å². The van der Waals surface area contributed by atoms with Gasteiger partial charge in [-0.2, -0.15) is 0 Å². The van der Waals surface area contributed by atoms with E-state index < -0.39 is 0 Å². The number of para-hydroxylation sites is 1. The maximum atomic E-state index is 12.6. The van der Waals surface area contributed by atoms with Crippen LogP contribution in [0, 0.1) is 0 Å². The van der Waals surface area contributed by atoms with Gasteiger partial charge in [-0.05, 0) is 19.1 Å². The van der Waals surface area contributed by atoms with Crippen molar-refractivity contribution in [1.82, 2.24) is 0 Å². The Bertz CT molecular complexity index is 254. The zero-order valence-corrected chi connectivity index (χ0v) is 6.96. The van der Waals surface area contributed by atoms with Crippen LogP contribution in [0.1, 0.15) is 6.92 Å². The fraction of sp³-hybridized carbons (Fsp3) is 0.200. The Morgan fingerprint density at radius 3 is 2.67 bits per heavy atom. The lowest BCUT2D eigenvalue weighted by atomic mass is 10.3. The second kappa shape index (κ2) is 4.54. The molecule has 0 aliphatic rings. The normalized spacial score (nSPS) is 11.3. The Kier molecular flexibility index (Phi) is 3.33. The quantitative estimate of drug-likeness (QED) is 0.670. The average Bonchev–Trinajstić information content (AvgIpc) is 2.16. The number of hydrogen-bond acceptors (Lipinski definition) is 1. The van der Waals surface area contributed by atoms with E-state index in [9.17, 15) is 4.39 Å². The number of rotatable bonds is 3.